The van der Waals surface area contributed by atoms with Crippen molar-refractivity contribution in [3.8, 4) is 11.1 Å². The Labute approximate surface area is 169 Å². The smallest absolute Gasteiger partial charge is 0.104 e. The zero-order chi connectivity index (χ0) is 18.4. The third kappa shape index (κ3) is 2.94. The Morgan fingerprint density at radius 3 is 2.63 bits per heavy atom. The van der Waals surface area contributed by atoms with E-state index in [-0.39, 0.29) is 0 Å². The van der Waals surface area contributed by atoms with Crippen LogP contribution in [0.3, 0.4) is 0 Å². The summed E-state index contributed by atoms with van der Waals surface area (Å²) in [6, 6.07) is 14.8. The zero-order valence-electron chi connectivity index (χ0n) is 15.0. The van der Waals surface area contributed by atoms with Crippen LogP contribution in [-0.4, -0.2) is 5.88 Å². The van der Waals surface area contributed by atoms with Gasteiger partial charge in [-0.1, -0.05) is 47.5 Å². The molecule has 1 unspecified atom stereocenters. The average molecular weight is 395 g/mol. The topological polar surface area (TPSA) is 13.1 Å². The Morgan fingerprint density at radius 1 is 0.963 bits per heavy atom. The Kier molecular flexibility index (Phi) is 4.38. The molecule has 0 bridgehead atoms. The van der Waals surface area contributed by atoms with E-state index in [9.17, 15) is 0 Å². The van der Waals surface area contributed by atoms with Crippen molar-refractivity contribution < 1.29 is 4.42 Å². The molecular formula is C24H20Cl2O. The minimum absolute atomic E-state index is 0.403. The molecule has 0 spiro atoms. The molecule has 0 radical (unpaired) electrons. The summed E-state index contributed by atoms with van der Waals surface area (Å²) in [7, 11) is 0. The summed E-state index contributed by atoms with van der Waals surface area (Å²) in [5, 5.41) is 0.882. The molecule has 2 aliphatic rings. The minimum atomic E-state index is 0.403. The van der Waals surface area contributed by atoms with Crippen molar-refractivity contribution in [2.24, 2.45) is 0 Å². The maximum absolute atomic E-state index is 6.48. The van der Waals surface area contributed by atoms with Crippen molar-refractivity contribution in [1.82, 2.24) is 0 Å². The quantitative estimate of drug-likeness (QED) is 0.433. The summed E-state index contributed by atoms with van der Waals surface area (Å²) in [5.41, 5.74) is 9.48. The van der Waals surface area contributed by atoms with E-state index in [4.69, 9.17) is 27.6 Å². The number of allylic oxidation sites excluding steroid dienone is 1. The highest BCUT2D eigenvalue weighted by atomic mass is 35.5. The van der Waals surface area contributed by atoms with E-state index in [0.29, 0.717) is 11.8 Å². The number of hydrogen-bond acceptors (Lipinski definition) is 1. The maximum atomic E-state index is 6.48. The lowest BCUT2D eigenvalue weighted by Gasteiger charge is -2.31. The lowest BCUT2D eigenvalue weighted by molar-refractivity contribution is 0.481. The predicted molar refractivity (Wildman–Crippen MR) is 113 cm³/mol. The van der Waals surface area contributed by atoms with Gasteiger partial charge >= 0.3 is 0 Å². The van der Waals surface area contributed by atoms with Crippen LogP contribution in [0.15, 0.2) is 58.7 Å². The van der Waals surface area contributed by atoms with Crippen LogP contribution < -0.4 is 0 Å². The fraction of sp³-hybridized carbons (Fsp3) is 0.250. The summed E-state index contributed by atoms with van der Waals surface area (Å²) >= 11 is 12.7. The second-order valence-corrected chi connectivity index (χ2v) is 8.16. The summed E-state index contributed by atoms with van der Waals surface area (Å²) in [4.78, 5) is 0. The Balaban J connectivity index is 1.67. The van der Waals surface area contributed by atoms with Crippen molar-refractivity contribution >= 4 is 29.3 Å². The number of alkyl halides is 1. The van der Waals surface area contributed by atoms with Crippen LogP contribution >= 0.6 is 23.2 Å². The van der Waals surface area contributed by atoms with E-state index in [0.717, 1.165) is 36.5 Å². The van der Waals surface area contributed by atoms with Gasteiger partial charge in [0.2, 0.25) is 0 Å². The predicted octanol–water partition coefficient (Wildman–Crippen LogP) is 7.05. The van der Waals surface area contributed by atoms with Crippen LogP contribution in [0.2, 0.25) is 5.02 Å². The Bertz CT molecular complexity index is 1030. The van der Waals surface area contributed by atoms with Crippen LogP contribution in [0.1, 0.15) is 40.4 Å². The molecule has 2 aliphatic carbocycles. The Hall–Kier alpha value is -1.96. The fourth-order valence-electron chi connectivity index (χ4n) is 4.76. The van der Waals surface area contributed by atoms with E-state index in [1.807, 2.05) is 12.1 Å². The van der Waals surface area contributed by atoms with Gasteiger partial charge in [-0.05, 0) is 76.8 Å². The third-order valence-electron chi connectivity index (χ3n) is 5.90. The van der Waals surface area contributed by atoms with E-state index >= 15 is 0 Å². The van der Waals surface area contributed by atoms with Crippen molar-refractivity contribution in [1.29, 1.82) is 0 Å². The van der Waals surface area contributed by atoms with Crippen molar-refractivity contribution in [2.75, 3.05) is 5.88 Å². The standard InChI is InChI=1S/C24H20Cl2O/c25-14-15-11-16-6-7-20-19-4-1-5-23(26)21(19)8-9-22(20)24(16)17(12-15)13-18-3-2-10-27-18/h1-7,10-11,17H,8-9,12-14H2. The van der Waals surface area contributed by atoms with Crippen LogP contribution in [0.25, 0.3) is 17.2 Å². The van der Waals surface area contributed by atoms with Crippen molar-refractivity contribution in [3.63, 3.8) is 0 Å². The third-order valence-corrected chi connectivity index (χ3v) is 6.60. The number of hydrogen-bond donors (Lipinski definition) is 0. The van der Waals surface area contributed by atoms with E-state index < -0.39 is 0 Å². The lowest BCUT2D eigenvalue weighted by atomic mass is 9.73. The zero-order valence-corrected chi connectivity index (χ0v) is 16.5. The number of halogens is 2. The molecule has 1 heterocycles. The van der Waals surface area contributed by atoms with Crippen molar-refractivity contribution in [2.45, 2.75) is 31.6 Å². The number of benzene rings is 2. The normalized spacial score (nSPS) is 17.7. The van der Waals surface area contributed by atoms with Gasteiger partial charge in [0, 0.05) is 17.3 Å². The molecule has 136 valence electrons. The number of rotatable bonds is 3. The molecule has 2 aromatic carbocycles. The van der Waals surface area contributed by atoms with Crippen LogP contribution in [0, 0.1) is 0 Å². The molecule has 0 N–H and O–H groups in total. The molecule has 5 rings (SSSR count). The average Bonchev–Trinajstić information content (AvgIpc) is 3.20. The molecule has 27 heavy (non-hydrogen) atoms. The van der Waals surface area contributed by atoms with Gasteiger partial charge < -0.3 is 4.42 Å². The van der Waals surface area contributed by atoms with E-state index in [2.05, 4.69) is 36.4 Å². The van der Waals surface area contributed by atoms with Gasteiger partial charge in [0.25, 0.3) is 0 Å². The van der Waals surface area contributed by atoms with Crippen LogP contribution in [0.5, 0.6) is 0 Å². The molecule has 0 amide bonds. The van der Waals surface area contributed by atoms with Gasteiger partial charge in [0.1, 0.15) is 5.76 Å². The SMILES string of the molecule is ClCC1=Cc2ccc3c(c2C(Cc2ccco2)C1)CCc1c(Cl)cccc1-3. The summed E-state index contributed by atoms with van der Waals surface area (Å²) < 4.78 is 5.67. The highest BCUT2D eigenvalue weighted by molar-refractivity contribution is 6.31. The monoisotopic (exact) mass is 394 g/mol. The highest BCUT2D eigenvalue weighted by Crippen LogP contribution is 2.45. The highest BCUT2D eigenvalue weighted by Gasteiger charge is 2.29. The van der Waals surface area contributed by atoms with Gasteiger partial charge in [-0.25, -0.2) is 0 Å². The van der Waals surface area contributed by atoms with Gasteiger partial charge in [-0.3, -0.25) is 0 Å². The van der Waals surface area contributed by atoms with Gasteiger partial charge in [0.15, 0.2) is 0 Å². The summed E-state index contributed by atoms with van der Waals surface area (Å²) in [6.45, 7) is 0. The molecule has 0 saturated carbocycles. The number of fused-ring (bicyclic) bond motifs is 5. The fourth-order valence-corrected chi connectivity index (χ4v) is 5.22. The minimum Gasteiger partial charge on any atom is -0.469 e. The molecule has 0 fully saturated rings. The Morgan fingerprint density at radius 2 is 1.81 bits per heavy atom. The molecule has 0 saturated heterocycles. The largest absolute Gasteiger partial charge is 0.469 e. The van der Waals surface area contributed by atoms with E-state index in [1.54, 1.807) is 6.26 Å². The first kappa shape index (κ1) is 17.2. The summed E-state index contributed by atoms with van der Waals surface area (Å²) in [6.07, 6.45) is 7.99. The maximum Gasteiger partial charge on any atom is 0.104 e. The molecule has 3 heteroatoms. The van der Waals surface area contributed by atoms with Gasteiger partial charge in [0.05, 0.1) is 6.26 Å². The first-order valence-electron chi connectivity index (χ1n) is 9.46. The molecule has 1 nitrogen and oxygen atoms in total. The molecule has 0 aliphatic heterocycles. The first-order chi connectivity index (χ1) is 13.2. The first-order valence-corrected chi connectivity index (χ1v) is 10.4. The molecule has 1 aromatic heterocycles. The van der Waals surface area contributed by atoms with Crippen LogP contribution in [-0.2, 0) is 19.3 Å². The summed E-state index contributed by atoms with van der Waals surface area (Å²) in [5.74, 6) is 2.03. The lowest BCUT2D eigenvalue weighted by Crippen LogP contribution is -2.17. The second-order valence-electron chi connectivity index (χ2n) is 7.48. The van der Waals surface area contributed by atoms with Gasteiger partial charge in [-0.15, -0.1) is 11.6 Å². The molecule has 1 atom stereocenters. The van der Waals surface area contributed by atoms with E-state index in [1.165, 1.54) is 39.0 Å². The second kappa shape index (κ2) is 6.89. The number of furan rings is 1. The van der Waals surface area contributed by atoms with Gasteiger partial charge in [-0.2, -0.15) is 0 Å². The van der Waals surface area contributed by atoms with Crippen LogP contribution in [0.4, 0.5) is 0 Å². The molecule has 3 aromatic rings. The molecular weight excluding hydrogens is 375 g/mol. The van der Waals surface area contributed by atoms with Crippen molar-refractivity contribution in [3.05, 3.63) is 87.3 Å².